The lowest BCUT2D eigenvalue weighted by atomic mass is 9.94. The molecule has 0 saturated heterocycles. The number of anilines is 2. The third kappa shape index (κ3) is 5.68. The van der Waals surface area contributed by atoms with Gasteiger partial charge in [0.15, 0.2) is 5.69 Å². The van der Waals surface area contributed by atoms with Crippen LogP contribution in [0.2, 0.25) is 0 Å². The SMILES string of the molecule is CCCCn1c(N)c(N(Cc2ccccc2)C(=O)CN(C)C2CCCCC2)c(=O)[nH]c1=O. The van der Waals surface area contributed by atoms with Crippen molar-refractivity contribution < 1.29 is 4.79 Å². The van der Waals surface area contributed by atoms with E-state index in [-0.39, 0.29) is 30.5 Å². The summed E-state index contributed by atoms with van der Waals surface area (Å²) < 4.78 is 1.36. The molecule has 0 radical (unpaired) electrons. The van der Waals surface area contributed by atoms with Crippen LogP contribution in [0.4, 0.5) is 11.5 Å². The summed E-state index contributed by atoms with van der Waals surface area (Å²) >= 11 is 0. The van der Waals surface area contributed by atoms with Gasteiger partial charge in [-0.2, -0.15) is 0 Å². The number of nitrogens with two attached hydrogens (primary N) is 1. The average Bonchev–Trinajstić information content (AvgIpc) is 2.79. The Kier molecular flexibility index (Phi) is 8.27. The van der Waals surface area contributed by atoms with Gasteiger partial charge in [0.2, 0.25) is 5.91 Å². The van der Waals surface area contributed by atoms with E-state index in [0.717, 1.165) is 31.2 Å². The van der Waals surface area contributed by atoms with E-state index in [1.165, 1.54) is 28.7 Å². The van der Waals surface area contributed by atoms with Crippen molar-refractivity contribution in [2.24, 2.45) is 0 Å². The van der Waals surface area contributed by atoms with Crippen molar-refractivity contribution in [2.45, 2.75) is 71.0 Å². The van der Waals surface area contributed by atoms with E-state index < -0.39 is 11.2 Å². The number of hydrogen-bond acceptors (Lipinski definition) is 5. The van der Waals surface area contributed by atoms with Gasteiger partial charge in [-0.15, -0.1) is 0 Å². The zero-order chi connectivity index (χ0) is 23.1. The van der Waals surface area contributed by atoms with Crippen LogP contribution in [0.5, 0.6) is 0 Å². The minimum atomic E-state index is -0.634. The summed E-state index contributed by atoms with van der Waals surface area (Å²) in [6.45, 7) is 2.79. The Labute approximate surface area is 189 Å². The zero-order valence-corrected chi connectivity index (χ0v) is 19.2. The molecule has 32 heavy (non-hydrogen) atoms. The van der Waals surface area contributed by atoms with Crippen molar-refractivity contribution in [3.8, 4) is 0 Å². The summed E-state index contributed by atoms with van der Waals surface area (Å²) in [6.07, 6.45) is 7.35. The van der Waals surface area contributed by atoms with Gasteiger partial charge >= 0.3 is 5.69 Å². The second-order valence-corrected chi connectivity index (χ2v) is 8.67. The second kappa shape index (κ2) is 11.1. The molecule has 8 heteroatoms. The number of benzene rings is 1. The molecular weight excluding hydrogens is 406 g/mol. The Balaban J connectivity index is 1.96. The lowest BCUT2D eigenvalue weighted by molar-refractivity contribution is -0.120. The first-order chi connectivity index (χ1) is 15.4. The Bertz CT molecular complexity index is 1010. The molecular formula is C24H35N5O3. The number of nitrogens with zero attached hydrogens (tertiary/aromatic N) is 3. The van der Waals surface area contributed by atoms with Gasteiger partial charge in [-0.1, -0.05) is 62.9 Å². The highest BCUT2D eigenvalue weighted by molar-refractivity contribution is 5.96. The average molecular weight is 442 g/mol. The van der Waals surface area contributed by atoms with E-state index in [2.05, 4.69) is 9.88 Å². The highest BCUT2D eigenvalue weighted by atomic mass is 16.2. The van der Waals surface area contributed by atoms with Crippen molar-refractivity contribution in [1.82, 2.24) is 14.5 Å². The van der Waals surface area contributed by atoms with Crippen LogP contribution < -0.4 is 21.9 Å². The topological polar surface area (TPSA) is 104 Å². The normalized spacial score (nSPS) is 14.6. The predicted molar refractivity (Wildman–Crippen MR) is 128 cm³/mol. The molecule has 1 saturated carbocycles. The van der Waals surface area contributed by atoms with Crippen molar-refractivity contribution in [2.75, 3.05) is 24.2 Å². The molecule has 1 aromatic heterocycles. The molecule has 1 amide bonds. The fourth-order valence-electron chi connectivity index (χ4n) is 4.38. The van der Waals surface area contributed by atoms with E-state index in [1.54, 1.807) is 0 Å². The minimum Gasteiger partial charge on any atom is -0.383 e. The zero-order valence-electron chi connectivity index (χ0n) is 19.2. The molecule has 1 aromatic carbocycles. The standard InChI is InChI=1S/C24H35N5O3/c1-3-4-15-28-22(25)21(23(31)26-24(28)32)29(16-18-11-7-5-8-12-18)20(30)17-27(2)19-13-9-6-10-14-19/h5,7-8,11-12,19H,3-4,6,9-10,13-17,25H2,1-2H3,(H,26,31,32). The predicted octanol–water partition coefficient (Wildman–Crippen LogP) is 2.72. The number of rotatable bonds is 9. The maximum Gasteiger partial charge on any atom is 0.330 e. The summed E-state index contributed by atoms with van der Waals surface area (Å²) in [5.41, 5.74) is 6.08. The van der Waals surface area contributed by atoms with Crippen LogP contribution in [0.3, 0.4) is 0 Å². The number of hydrogen-bond donors (Lipinski definition) is 2. The Hall–Kier alpha value is -2.87. The summed E-state index contributed by atoms with van der Waals surface area (Å²) in [4.78, 5) is 44.6. The molecule has 3 N–H and O–H groups in total. The first kappa shape index (κ1) is 23.8. The van der Waals surface area contributed by atoms with Gasteiger partial charge in [0.1, 0.15) is 5.82 Å². The number of H-pyrrole nitrogens is 1. The Morgan fingerprint density at radius 2 is 1.84 bits per heavy atom. The Morgan fingerprint density at radius 1 is 1.16 bits per heavy atom. The van der Waals surface area contributed by atoms with E-state index in [4.69, 9.17) is 5.73 Å². The third-order valence-corrected chi connectivity index (χ3v) is 6.29. The monoisotopic (exact) mass is 441 g/mol. The van der Waals surface area contributed by atoms with Gasteiger partial charge in [-0.25, -0.2) is 4.79 Å². The van der Waals surface area contributed by atoms with Crippen LogP contribution in [-0.2, 0) is 17.9 Å². The number of nitrogens with one attached hydrogen (secondary N) is 1. The van der Waals surface area contributed by atoms with Crippen molar-refractivity contribution >= 4 is 17.4 Å². The molecule has 174 valence electrons. The number of nitrogen functional groups attached to an aromatic ring is 1. The molecule has 0 unspecified atom stereocenters. The largest absolute Gasteiger partial charge is 0.383 e. The van der Waals surface area contributed by atoms with E-state index in [1.807, 2.05) is 44.3 Å². The molecule has 0 bridgehead atoms. The lowest BCUT2D eigenvalue weighted by Crippen LogP contribution is -2.46. The molecule has 3 rings (SSSR count). The number of aromatic nitrogens is 2. The molecule has 0 spiro atoms. The first-order valence-corrected chi connectivity index (χ1v) is 11.6. The summed E-state index contributed by atoms with van der Waals surface area (Å²) in [6, 6.07) is 9.86. The van der Waals surface area contributed by atoms with Crippen molar-refractivity contribution in [3.63, 3.8) is 0 Å². The summed E-state index contributed by atoms with van der Waals surface area (Å²) in [5.74, 6) is -0.170. The molecule has 1 heterocycles. The second-order valence-electron chi connectivity index (χ2n) is 8.67. The van der Waals surface area contributed by atoms with Crippen LogP contribution in [0.25, 0.3) is 0 Å². The number of carbonyl (C=O) groups is 1. The van der Waals surface area contributed by atoms with E-state index >= 15 is 0 Å². The van der Waals surface area contributed by atoms with Gasteiger partial charge in [0, 0.05) is 12.6 Å². The van der Waals surface area contributed by atoms with Gasteiger partial charge in [-0.05, 0) is 31.9 Å². The molecule has 0 atom stereocenters. The Morgan fingerprint density at radius 3 is 2.50 bits per heavy atom. The lowest BCUT2D eigenvalue weighted by Gasteiger charge is -2.33. The van der Waals surface area contributed by atoms with Gasteiger partial charge in [0.25, 0.3) is 5.56 Å². The molecule has 1 aliphatic rings. The van der Waals surface area contributed by atoms with Crippen LogP contribution in [0, 0.1) is 0 Å². The molecule has 1 aliphatic carbocycles. The van der Waals surface area contributed by atoms with Crippen LogP contribution in [0.15, 0.2) is 39.9 Å². The number of carbonyl (C=O) groups excluding carboxylic acids is 1. The van der Waals surface area contributed by atoms with Gasteiger partial charge < -0.3 is 5.73 Å². The number of aromatic amines is 1. The molecule has 2 aromatic rings. The van der Waals surface area contributed by atoms with Crippen LogP contribution in [-0.4, -0.2) is 40.0 Å². The van der Waals surface area contributed by atoms with Gasteiger partial charge in [0.05, 0.1) is 13.1 Å². The molecule has 8 nitrogen and oxygen atoms in total. The van der Waals surface area contributed by atoms with Gasteiger partial charge in [-0.3, -0.25) is 28.9 Å². The van der Waals surface area contributed by atoms with E-state index in [0.29, 0.717) is 12.6 Å². The quantitative estimate of drug-likeness (QED) is 0.623. The molecule has 1 fully saturated rings. The number of amides is 1. The number of unbranched alkanes of at least 4 members (excludes halogenated alkanes) is 1. The van der Waals surface area contributed by atoms with E-state index in [9.17, 15) is 14.4 Å². The maximum absolute atomic E-state index is 13.5. The first-order valence-electron chi connectivity index (χ1n) is 11.6. The maximum atomic E-state index is 13.5. The smallest absolute Gasteiger partial charge is 0.330 e. The third-order valence-electron chi connectivity index (χ3n) is 6.29. The highest BCUT2D eigenvalue weighted by Crippen LogP contribution is 2.23. The van der Waals surface area contributed by atoms with Crippen molar-refractivity contribution in [3.05, 3.63) is 56.7 Å². The van der Waals surface area contributed by atoms with Crippen molar-refractivity contribution in [1.29, 1.82) is 0 Å². The van der Waals surface area contributed by atoms with Crippen LogP contribution in [0.1, 0.15) is 57.4 Å². The summed E-state index contributed by atoms with van der Waals surface area (Å²) in [5, 5.41) is 0. The molecule has 0 aliphatic heterocycles. The summed E-state index contributed by atoms with van der Waals surface area (Å²) in [7, 11) is 1.96. The fraction of sp³-hybridized carbons (Fsp3) is 0.542. The fourth-order valence-corrected chi connectivity index (χ4v) is 4.38. The minimum absolute atomic E-state index is 0.0387. The van der Waals surface area contributed by atoms with Crippen LogP contribution >= 0.6 is 0 Å². The number of likely N-dealkylation sites (N-methyl/N-ethyl adjacent to an activating group) is 1. The highest BCUT2D eigenvalue weighted by Gasteiger charge is 2.27.